The Morgan fingerprint density at radius 1 is 1.35 bits per heavy atom. The van der Waals surface area contributed by atoms with Crippen LogP contribution < -0.4 is 16.6 Å². The standard InChI is InChI=1S/C13H20N4/c1-13(8-5-9-13)10-15-12(17-14)16-11-6-3-2-4-7-11/h2-4,6-7H,5,8-10,14H2,1H3,(H2,15,16,17). The van der Waals surface area contributed by atoms with Crippen LogP contribution in [0.5, 0.6) is 0 Å². The van der Waals surface area contributed by atoms with Crippen molar-refractivity contribution in [3.05, 3.63) is 30.3 Å². The van der Waals surface area contributed by atoms with E-state index < -0.39 is 0 Å². The van der Waals surface area contributed by atoms with Crippen molar-refractivity contribution in [3.8, 4) is 0 Å². The molecule has 4 heteroatoms. The third-order valence-electron chi connectivity index (χ3n) is 3.35. The summed E-state index contributed by atoms with van der Waals surface area (Å²) in [6, 6.07) is 9.90. The molecule has 92 valence electrons. The van der Waals surface area contributed by atoms with Gasteiger partial charge in [0.2, 0.25) is 5.96 Å². The van der Waals surface area contributed by atoms with E-state index in [9.17, 15) is 0 Å². The van der Waals surface area contributed by atoms with Gasteiger partial charge in [-0.3, -0.25) is 10.4 Å². The number of hydrazine groups is 1. The van der Waals surface area contributed by atoms with Gasteiger partial charge in [0.15, 0.2) is 0 Å². The molecule has 4 nitrogen and oxygen atoms in total. The number of hydrogen-bond acceptors (Lipinski definition) is 2. The predicted octanol–water partition coefficient (Wildman–Crippen LogP) is 2.11. The van der Waals surface area contributed by atoms with Crippen LogP contribution in [0.3, 0.4) is 0 Å². The second-order valence-corrected chi connectivity index (χ2v) is 4.96. The Labute approximate surface area is 102 Å². The number of guanidine groups is 1. The molecule has 1 fully saturated rings. The van der Waals surface area contributed by atoms with Crippen LogP contribution in [0.4, 0.5) is 5.69 Å². The van der Waals surface area contributed by atoms with Gasteiger partial charge in [0, 0.05) is 12.2 Å². The van der Waals surface area contributed by atoms with Gasteiger partial charge in [0.25, 0.3) is 0 Å². The molecule has 0 bridgehead atoms. The van der Waals surface area contributed by atoms with Crippen LogP contribution in [0.15, 0.2) is 35.3 Å². The summed E-state index contributed by atoms with van der Waals surface area (Å²) in [6.07, 6.45) is 3.85. The number of nitrogens with two attached hydrogens (primary N) is 1. The summed E-state index contributed by atoms with van der Waals surface area (Å²) in [5.41, 5.74) is 3.97. The quantitative estimate of drug-likeness (QED) is 0.324. The Balaban J connectivity index is 1.94. The van der Waals surface area contributed by atoms with Gasteiger partial charge in [-0.1, -0.05) is 31.5 Å². The van der Waals surface area contributed by atoms with Crippen molar-refractivity contribution in [1.82, 2.24) is 5.43 Å². The number of benzene rings is 1. The molecule has 1 aromatic carbocycles. The lowest BCUT2D eigenvalue weighted by Gasteiger charge is -2.36. The molecular formula is C13H20N4. The van der Waals surface area contributed by atoms with Crippen molar-refractivity contribution in [2.75, 3.05) is 11.9 Å². The van der Waals surface area contributed by atoms with E-state index in [1.807, 2.05) is 30.3 Å². The highest BCUT2D eigenvalue weighted by Gasteiger charge is 2.31. The molecule has 0 aromatic heterocycles. The highest BCUT2D eigenvalue weighted by atomic mass is 15.3. The predicted molar refractivity (Wildman–Crippen MR) is 71.6 cm³/mol. The van der Waals surface area contributed by atoms with Gasteiger partial charge >= 0.3 is 0 Å². The normalized spacial score (nSPS) is 18.4. The van der Waals surface area contributed by atoms with Crippen molar-refractivity contribution in [2.45, 2.75) is 26.2 Å². The summed E-state index contributed by atoms with van der Waals surface area (Å²) in [5, 5.41) is 3.16. The monoisotopic (exact) mass is 232 g/mol. The zero-order valence-corrected chi connectivity index (χ0v) is 10.2. The first-order chi connectivity index (χ1) is 8.22. The molecule has 1 aromatic rings. The third-order valence-corrected chi connectivity index (χ3v) is 3.35. The molecule has 4 N–H and O–H groups in total. The van der Waals surface area contributed by atoms with Gasteiger partial charge in [-0.05, 0) is 30.4 Å². The number of anilines is 1. The minimum absolute atomic E-state index is 0.375. The Bertz CT molecular complexity index is 382. The molecule has 0 spiro atoms. The highest BCUT2D eigenvalue weighted by Crippen LogP contribution is 2.40. The van der Waals surface area contributed by atoms with Crippen LogP contribution in [-0.2, 0) is 0 Å². The topological polar surface area (TPSA) is 62.4 Å². The van der Waals surface area contributed by atoms with Gasteiger partial charge in [-0.2, -0.15) is 0 Å². The summed E-state index contributed by atoms with van der Waals surface area (Å²) in [7, 11) is 0. The first-order valence-corrected chi connectivity index (χ1v) is 6.05. The number of hydrogen-bond donors (Lipinski definition) is 3. The van der Waals surface area contributed by atoms with E-state index in [0.29, 0.717) is 11.4 Å². The van der Waals surface area contributed by atoms with Crippen LogP contribution in [0.2, 0.25) is 0 Å². The molecule has 0 heterocycles. The summed E-state index contributed by atoms with van der Waals surface area (Å²) >= 11 is 0. The molecule has 0 radical (unpaired) electrons. The fourth-order valence-corrected chi connectivity index (χ4v) is 1.99. The maximum Gasteiger partial charge on any atom is 0.210 e. The molecule has 0 unspecified atom stereocenters. The summed E-state index contributed by atoms with van der Waals surface area (Å²) < 4.78 is 0. The molecular weight excluding hydrogens is 212 g/mol. The van der Waals surface area contributed by atoms with E-state index in [4.69, 9.17) is 5.84 Å². The van der Waals surface area contributed by atoms with Crippen molar-refractivity contribution in [3.63, 3.8) is 0 Å². The summed E-state index contributed by atoms with van der Waals surface area (Å²) in [6.45, 7) is 3.10. The maximum atomic E-state index is 5.47. The number of nitrogens with zero attached hydrogens (tertiary/aromatic N) is 1. The van der Waals surface area contributed by atoms with Gasteiger partial charge < -0.3 is 5.32 Å². The molecule has 0 amide bonds. The summed E-state index contributed by atoms with van der Waals surface area (Å²) in [4.78, 5) is 4.50. The summed E-state index contributed by atoms with van der Waals surface area (Å²) in [5.74, 6) is 6.10. The zero-order chi connectivity index (χ0) is 12.1. The smallest absolute Gasteiger partial charge is 0.210 e. The largest absolute Gasteiger partial charge is 0.325 e. The first-order valence-electron chi connectivity index (χ1n) is 6.05. The molecule has 2 rings (SSSR count). The lowest BCUT2D eigenvalue weighted by Crippen LogP contribution is -2.38. The van der Waals surface area contributed by atoms with E-state index in [2.05, 4.69) is 22.7 Å². The average molecular weight is 232 g/mol. The van der Waals surface area contributed by atoms with Gasteiger partial charge in [0.1, 0.15) is 0 Å². The first kappa shape index (κ1) is 11.9. The Morgan fingerprint density at radius 3 is 2.59 bits per heavy atom. The second kappa shape index (κ2) is 5.19. The van der Waals surface area contributed by atoms with Crippen molar-refractivity contribution < 1.29 is 0 Å². The van der Waals surface area contributed by atoms with Crippen LogP contribution in [0.1, 0.15) is 26.2 Å². The number of para-hydroxylation sites is 1. The molecule has 17 heavy (non-hydrogen) atoms. The minimum Gasteiger partial charge on any atom is -0.325 e. The van der Waals surface area contributed by atoms with Gasteiger partial charge in [-0.25, -0.2) is 5.84 Å². The van der Waals surface area contributed by atoms with Crippen LogP contribution in [0, 0.1) is 5.41 Å². The van der Waals surface area contributed by atoms with E-state index in [0.717, 1.165) is 12.2 Å². The van der Waals surface area contributed by atoms with E-state index in [1.165, 1.54) is 19.3 Å². The van der Waals surface area contributed by atoms with Crippen molar-refractivity contribution in [2.24, 2.45) is 16.3 Å². The number of aliphatic imine (C=N–C) groups is 1. The number of nitrogens with one attached hydrogen (secondary N) is 2. The van der Waals surface area contributed by atoms with Crippen molar-refractivity contribution >= 4 is 11.6 Å². The lowest BCUT2D eigenvalue weighted by molar-refractivity contribution is 0.174. The Morgan fingerprint density at radius 2 is 2.06 bits per heavy atom. The number of rotatable bonds is 3. The van der Waals surface area contributed by atoms with E-state index in [-0.39, 0.29) is 0 Å². The van der Waals surface area contributed by atoms with Crippen molar-refractivity contribution in [1.29, 1.82) is 0 Å². The minimum atomic E-state index is 0.375. The van der Waals surface area contributed by atoms with E-state index in [1.54, 1.807) is 0 Å². The molecule has 1 saturated carbocycles. The van der Waals surface area contributed by atoms with Crippen LogP contribution >= 0.6 is 0 Å². The average Bonchev–Trinajstić information content (AvgIpc) is 2.33. The fraction of sp³-hybridized carbons (Fsp3) is 0.462. The van der Waals surface area contributed by atoms with Crippen LogP contribution in [-0.4, -0.2) is 12.5 Å². The highest BCUT2D eigenvalue weighted by molar-refractivity contribution is 5.93. The fourth-order valence-electron chi connectivity index (χ4n) is 1.99. The van der Waals surface area contributed by atoms with Gasteiger partial charge in [-0.15, -0.1) is 0 Å². The van der Waals surface area contributed by atoms with E-state index >= 15 is 0 Å². The Hall–Kier alpha value is -1.55. The maximum absolute atomic E-state index is 5.47. The molecule has 0 saturated heterocycles. The molecule has 0 aliphatic heterocycles. The lowest BCUT2D eigenvalue weighted by atomic mass is 9.71. The Kier molecular flexibility index (Phi) is 3.64. The SMILES string of the molecule is CC1(CN=C(NN)Nc2ccccc2)CCC1. The van der Waals surface area contributed by atoms with Crippen LogP contribution in [0.25, 0.3) is 0 Å². The zero-order valence-electron chi connectivity index (χ0n) is 10.2. The third kappa shape index (κ3) is 3.20. The molecule has 0 atom stereocenters. The second-order valence-electron chi connectivity index (χ2n) is 4.96. The molecule has 1 aliphatic rings. The van der Waals surface area contributed by atoms with Gasteiger partial charge in [0.05, 0.1) is 0 Å². The molecule has 1 aliphatic carbocycles.